The highest BCUT2D eigenvalue weighted by molar-refractivity contribution is 5.72. The van der Waals surface area contributed by atoms with Crippen molar-refractivity contribution in [3.8, 4) is 0 Å². The molecule has 2 aliphatic rings. The third-order valence-electron chi connectivity index (χ3n) is 4.87. The minimum absolute atomic E-state index is 0.00468. The lowest BCUT2D eigenvalue weighted by atomic mass is 9.70. The van der Waals surface area contributed by atoms with Crippen LogP contribution in [0.25, 0.3) is 0 Å². The first-order chi connectivity index (χ1) is 9.06. The molecule has 3 nitrogen and oxygen atoms in total. The number of rotatable bonds is 3. The molecule has 0 radical (unpaired) electrons. The maximum Gasteiger partial charge on any atom is 0.309 e. The van der Waals surface area contributed by atoms with Crippen LogP contribution < -0.4 is 0 Å². The third-order valence-corrected chi connectivity index (χ3v) is 4.87. The van der Waals surface area contributed by atoms with Crippen LogP contribution >= 0.6 is 0 Å². The zero-order valence-corrected chi connectivity index (χ0v) is 12.3. The number of carbonyl (C=O) groups is 1. The van der Waals surface area contributed by atoms with Crippen molar-refractivity contribution in [2.45, 2.75) is 77.4 Å². The van der Waals surface area contributed by atoms with Gasteiger partial charge in [-0.1, -0.05) is 0 Å². The number of hydrogen-bond donors (Lipinski definition) is 1. The van der Waals surface area contributed by atoms with Crippen LogP contribution in [-0.4, -0.2) is 23.3 Å². The molecule has 0 atom stereocenters. The Morgan fingerprint density at radius 2 is 1.42 bits per heavy atom. The fourth-order valence-electron chi connectivity index (χ4n) is 3.73. The molecule has 0 heterocycles. The molecule has 0 unspecified atom stereocenters. The van der Waals surface area contributed by atoms with Gasteiger partial charge in [0.05, 0.1) is 18.1 Å². The first-order valence-electron chi connectivity index (χ1n) is 7.94. The molecule has 2 aliphatic carbocycles. The van der Waals surface area contributed by atoms with E-state index in [1.165, 1.54) is 25.7 Å². The summed E-state index contributed by atoms with van der Waals surface area (Å²) in [6.07, 6.45) is 8.56. The summed E-state index contributed by atoms with van der Waals surface area (Å²) in [6, 6.07) is 0. The van der Waals surface area contributed by atoms with Gasteiger partial charge in [0.2, 0.25) is 0 Å². The quantitative estimate of drug-likeness (QED) is 0.799. The van der Waals surface area contributed by atoms with Gasteiger partial charge in [0, 0.05) is 0 Å². The maximum atomic E-state index is 11.9. The van der Waals surface area contributed by atoms with Gasteiger partial charge in [-0.2, -0.15) is 0 Å². The van der Waals surface area contributed by atoms with E-state index in [0.717, 1.165) is 37.5 Å². The zero-order valence-electron chi connectivity index (χ0n) is 12.3. The Morgan fingerprint density at radius 3 is 1.89 bits per heavy atom. The van der Waals surface area contributed by atoms with Gasteiger partial charge in [0.25, 0.3) is 0 Å². The summed E-state index contributed by atoms with van der Waals surface area (Å²) in [5.74, 6) is 1.70. The highest BCUT2D eigenvalue weighted by Crippen LogP contribution is 2.40. The lowest BCUT2D eigenvalue weighted by Crippen LogP contribution is -2.30. The minimum Gasteiger partial charge on any atom is -0.463 e. The van der Waals surface area contributed by atoms with Gasteiger partial charge in [0.1, 0.15) is 0 Å². The van der Waals surface area contributed by atoms with Crippen molar-refractivity contribution < 1.29 is 14.6 Å². The van der Waals surface area contributed by atoms with E-state index in [0.29, 0.717) is 0 Å². The Labute approximate surface area is 116 Å². The van der Waals surface area contributed by atoms with Crippen molar-refractivity contribution in [2.24, 2.45) is 17.8 Å². The van der Waals surface area contributed by atoms with Crippen LogP contribution in [0.3, 0.4) is 0 Å². The van der Waals surface area contributed by atoms with E-state index >= 15 is 0 Å². The molecule has 0 saturated heterocycles. The topological polar surface area (TPSA) is 46.5 Å². The molecule has 2 saturated carbocycles. The standard InChI is InChI=1S/C16H28O3/c1-11(2)19-16(18)14-5-3-12(4-6-14)13-7-9-15(17)10-8-13/h11-15,17H,3-10H2,1-2H3. The highest BCUT2D eigenvalue weighted by atomic mass is 16.5. The number of ether oxygens (including phenoxy) is 1. The van der Waals surface area contributed by atoms with Crippen LogP contribution in [0.2, 0.25) is 0 Å². The normalized spacial score (nSPS) is 36.2. The number of hydrogen-bond acceptors (Lipinski definition) is 3. The first kappa shape index (κ1) is 14.8. The summed E-state index contributed by atoms with van der Waals surface area (Å²) in [6.45, 7) is 3.83. The summed E-state index contributed by atoms with van der Waals surface area (Å²) in [5.41, 5.74) is 0. The van der Waals surface area contributed by atoms with Gasteiger partial charge >= 0.3 is 5.97 Å². The maximum absolute atomic E-state index is 11.9. The van der Waals surface area contributed by atoms with Crippen molar-refractivity contribution in [1.82, 2.24) is 0 Å². The van der Waals surface area contributed by atoms with Gasteiger partial charge in [-0.3, -0.25) is 4.79 Å². The molecule has 110 valence electrons. The van der Waals surface area contributed by atoms with Crippen molar-refractivity contribution in [1.29, 1.82) is 0 Å². The Balaban J connectivity index is 1.74. The number of aliphatic hydroxyl groups is 1. The summed E-state index contributed by atoms with van der Waals surface area (Å²) >= 11 is 0. The Hall–Kier alpha value is -0.570. The molecule has 3 heteroatoms. The number of aliphatic hydroxyl groups excluding tert-OH is 1. The Morgan fingerprint density at radius 1 is 0.947 bits per heavy atom. The van der Waals surface area contributed by atoms with E-state index in [1.54, 1.807) is 0 Å². The molecule has 0 amide bonds. The smallest absolute Gasteiger partial charge is 0.309 e. The summed E-state index contributed by atoms with van der Waals surface area (Å²) in [7, 11) is 0. The predicted molar refractivity (Wildman–Crippen MR) is 74.6 cm³/mol. The zero-order chi connectivity index (χ0) is 13.8. The Kier molecular flexibility index (Phi) is 5.26. The van der Waals surface area contributed by atoms with Crippen LogP contribution in [0.15, 0.2) is 0 Å². The van der Waals surface area contributed by atoms with Crippen molar-refractivity contribution in [2.75, 3.05) is 0 Å². The van der Waals surface area contributed by atoms with Crippen LogP contribution in [0.1, 0.15) is 65.2 Å². The first-order valence-corrected chi connectivity index (χ1v) is 7.94. The van der Waals surface area contributed by atoms with Crippen LogP contribution in [-0.2, 0) is 9.53 Å². The Bertz CT molecular complexity index is 284. The second kappa shape index (κ2) is 6.74. The van der Waals surface area contributed by atoms with Gasteiger partial charge in [0.15, 0.2) is 0 Å². The molecule has 0 aromatic heterocycles. The van der Waals surface area contributed by atoms with E-state index in [2.05, 4.69) is 0 Å². The minimum atomic E-state index is -0.0615. The second-order valence-electron chi connectivity index (χ2n) is 6.67. The van der Waals surface area contributed by atoms with Crippen molar-refractivity contribution in [3.63, 3.8) is 0 Å². The van der Waals surface area contributed by atoms with E-state index in [1.807, 2.05) is 13.8 Å². The molecule has 0 spiro atoms. The molecular weight excluding hydrogens is 240 g/mol. The van der Waals surface area contributed by atoms with Crippen LogP contribution in [0, 0.1) is 17.8 Å². The van der Waals surface area contributed by atoms with Crippen molar-refractivity contribution >= 4 is 5.97 Å². The predicted octanol–water partition coefficient (Wildman–Crippen LogP) is 3.30. The van der Waals surface area contributed by atoms with E-state index in [4.69, 9.17) is 4.74 Å². The van der Waals surface area contributed by atoms with Gasteiger partial charge in [-0.25, -0.2) is 0 Å². The molecular formula is C16H28O3. The van der Waals surface area contributed by atoms with Gasteiger partial charge < -0.3 is 9.84 Å². The molecule has 2 rings (SSSR count). The fourth-order valence-corrected chi connectivity index (χ4v) is 3.73. The van der Waals surface area contributed by atoms with E-state index in [9.17, 15) is 9.90 Å². The largest absolute Gasteiger partial charge is 0.463 e. The highest BCUT2D eigenvalue weighted by Gasteiger charge is 2.33. The molecule has 0 aliphatic heterocycles. The lowest BCUT2D eigenvalue weighted by Gasteiger charge is -2.36. The lowest BCUT2D eigenvalue weighted by molar-refractivity contribution is -0.154. The monoisotopic (exact) mass is 268 g/mol. The molecule has 19 heavy (non-hydrogen) atoms. The number of carbonyl (C=O) groups excluding carboxylic acids is 1. The third kappa shape index (κ3) is 4.20. The summed E-state index contributed by atoms with van der Waals surface area (Å²) < 4.78 is 5.31. The van der Waals surface area contributed by atoms with Crippen LogP contribution in [0.5, 0.6) is 0 Å². The SMILES string of the molecule is CC(C)OC(=O)C1CCC(C2CCC(O)CC2)CC1. The van der Waals surface area contributed by atoms with E-state index in [-0.39, 0.29) is 24.1 Å². The van der Waals surface area contributed by atoms with Crippen LogP contribution in [0.4, 0.5) is 0 Å². The average Bonchev–Trinajstić information content (AvgIpc) is 2.39. The number of esters is 1. The molecule has 0 aromatic rings. The van der Waals surface area contributed by atoms with Gasteiger partial charge in [-0.05, 0) is 77.0 Å². The molecule has 0 bridgehead atoms. The van der Waals surface area contributed by atoms with E-state index < -0.39 is 0 Å². The molecule has 1 N–H and O–H groups in total. The van der Waals surface area contributed by atoms with Gasteiger partial charge in [-0.15, -0.1) is 0 Å². The average molecular weight is 268 g/mol. The second-order valence-corrected chi connectivity index (χ2v) is 6.67. The van der Waals surface area contributed by atoms with Crippen molar-refractivity contribution in [3.05, 3.63) is 0 Å². The fraction of sp³-hybridized carbons (Fsp3) is 0.938. The molecule has 2 fully saturated rings. The summed E-state index contributed by atoms with van der Waals surface area (Å²) in [5, 5.41) is 9.56. The molecule has 0 aromatic carbocycles. The summed E-state index contributed by atoms with van der Waals surface area (Å²) in [4.78, 5) is 11.9.